The summed E-state index contributed by atoms with van der Waals surface area (Å²) in [7, 11) is 1.78. The van der Waals surface area contributed by atoms with Gasteiger partial charge < -0.3 is 4.74 Å². The summed E-state index contributed by atoms with van der Waals surface area (Å²) in [6.07, 6.45) is 4.93. The Morgan fingerprint density at radius 2 is 2.17 bits per heavy atom. The van der Waals surface area contributed by atoms with Gasteiger partial charge in [-0.05, 0) is 22.0 Å². The first-order valence-corrected chi connectivity index (χ1v) is 5.95. The van der Waals surface area contributed by atoms with E-state index in [0.29, 0.717) is 11.3 Å². The van der Waals surface area contributed by atoms with Gasteiger partial charge >= 0.3 is 6.01 Å². The normalized spacial score (nSPS) is 10.8. The van der Waals surface area contributed by atoms with Gasteiger partial charge in [0.25, 0.3) is 0 Å². The predicted molar refractivity (Wildman–Crippen MR) is 68.3 cm³/mol. The van der Waals surface area contributed by atoms with Crippen LogP contribution in [0.25, 0.3) is 11.0 Å². The maximum absolute atomic E-state index is 5.59. The third-order valence-corrected chi connectivity index (χ3v) is 2.72. The third kappa shape index (κ3) is 2.04. The number of aromatic nitrogens is 5. The molecule has 3 aromatic rings. The van der Waals surface area contributed by atoms with Gasteiger partial charge in [-0.25, -0.2) is 4.98 Å². The van der Waals surface area contributed by atoms with E-state index < -0.39 is 0 Å². The molecule has 0 aliphatic heterocycles. The van der Waals surface area contributed by atoms with E-state index in [1.165, 1.54) is 0 Å². The molecule has 0 fully saturated rings. The molecule has 0 unspecified atom stereocenters. The van der Waals surface area contributed by atoms with Crippen LogP contribution in [0.5, 0.6) is 11.8 Å². The van der Waals surface area contributed by atoms with Crippen LogP contribution in [0.3, 0.4) is 0 Å². The van der Waals surface area contributed by atoms with Gasteiger partial charge in [0, 0.05) is 30.0 Å². The zero-order valence-corrected chi connectivity index (χ0v) is 11.0. The lowest BCUT2D eigenvalue weighted by molar-refractivity contribution is 0.442. The van der Waals surface area contributed by atoms with E-state index in [2.05, 4.69) is 36.0 Å². The second-order valence-electron chi connectivity index (χ2n) is 3.63. The Labute approximate surface area is 111 Å². The van der Waals surface area contributed by atoms with Gasteiger partial charge in [-0.2, -0.15) is 4.98 Å². The number of pyridine rings is 2. The van der Waals surface area contributed by atoms with Crippen molar-refractivity contribution in [1.82, 2.24) is 24.7 Å². The molecule has 3 heterocycles. The number of aryl methyl sites for hydroxylation is 1. The minimum atomic E-state index is 0.287. The van der Waals surface area contributed by atoms with Gasteiger partial charge in [-0.15, -0.1) is 5.10 Å². The fraction of sp³-hybridized carbons (Fsp3) is 0.0909. The summed E-state index contributed by atoms with van der Waals surface area (Å²) in [5.41, 5.74) is 1.42. The first-order valence-electron chi connectivity index (χ1n) is 5.16. The molecule has 0 radical (unpaired) electrons. The molecular formula is C11H8BrN5O. The summed E-state index contributed by atoms with van der Waals surface area (Å²) < 4.78 is 8.03. The maximum Gasteiger partial charge on any atom is 0.341 e. The van der Waals surface area contributed by atoms with Gasteiger partial charge in [0.1, 0.15) is 11.8 Å². The SMILES string of the molecule is Cn1cnc(Oc2ccnc3cc(Br)cnc23)n1. The van der Waals surface area contributed by atoms with Gasteiger partial charge in [0.15, 0.2) is 5.75 Å². The molecule has 18 heavy (non-hydrogen) atoms. The van der Waals surface area contributed by atoms with E-state index in [9.17, 15) is 0 Å². The average molecular weight is 306 g/mol. The fourth-order valence-electron chi connectivity index (χ4n) is 1.53. The molecule has 0 bridgehead atoms. The quantitative estimate of drug-likeness (QED) is 0.727. The van der Waals surface area contributed by atoms with Gasteiger partial charge in [0.05, 0.1) is 5.52 Å². The van der Waals surface area contributed by atoms with Crippen LogP contribution in [-0.2, 0) is 7.05 Å². The minimum Gasteiger partial charge on any atom is -0.421 e. The van der Waals surface area contributed by atoms with Crippen LogP contribution < -0.4 is 4.74 Å². The van der Waals surface area contributed by atoms with Crippen LogP contribution in [0.15, 0.2) is 35.3 Å². The number of hydrogen-bond donors (Lipinski definition) is 0. The van der Waals surface area contributed by atoms with E-state index in [1.807, 2.05) is 6.07 Å². The van der Waals surface area contributed by atoms with Crippen LogP contribution in [0, 0.1) is 0 Å². The van der Waals surface area contributed by atoms with Crippen molar-refractivity contribution in [2.24, 2.45) is 7.05 Å². The molecule has 0 saturated carbocycles. The Morgan fingerprint density at radius 1 is 1.28 bits per heavy atom. The number of nitrogens with zero attached hydrogens (tertiary/aromatic N) is 5. The molecule has 0 aliphatic rings. The highest BCUT2D eigenvalue weighted by atomic mass is 79.9. The van der Waals surface area contributed by atoms with Crippen molar-refractivity contribution >= 4 is 27.0 Å². The van der Waals surface area contributed by atoms with E-state index in [-0.39, 0.29) is 6.01 Å². The standard InChI is InChI=1S/C11H8BrN5O/c1-17-6-15-11(16-17)18-9-2-3-13-8-4-7(12)5-14-10(8)9/h2-6H,1H3. The predicted octanol–water partition coefficient (Wildman–Crippen LogP) is 2.31. The highest BCUT2D eigenvalue weighted by Gasteiger charge is 2.08. The average Bonchev–Trinajstić information content (AvgIpc) is 2.75. The van der Waals surface area contributed by atoms with Crippen molar-refractivity contribution in [3.63, 3.8) is 0 Å². The van der Waals surface area contributed by atoms with Crippen molar-refractivity contribution in [3.8, 4) is 11.8 Å². The highest BCUT2D eigenvalue weighted by Crippen LogP contribution is 2.26. The van der Waals surface area contributed by atoms with E-state index >= 15 is 0 Å². The number of rotatable bonds is 2. The number of halogens is 1. The Morgan fingerprint density at radius 3 is 2.94 bits per heavy atom. The summed E-state index contributed by atoms with van der Waals surface area (Å²) in [5.74, 6) is 0.582. The van der Waals surface area contributed by atoms with Gasteiger partial charge in [0.2, 0.25) is 0 Å². The third-order valence-electron chi connectivity index (χ3n) is 2.29. The molecule has 7 heteroatoms. The summed E-state index contributed by atoms with van der Waals surface area (Å²) in [4.78, 5) is 12.5. The fourth-order valence-corrected chi connectivity index (χ4v) is 1.85. The zero-order chi connectivity index (χ0) is 12.5. The smallest absolute Gasteiger partial charge is 0.341 e. The van der Waals surface area contributed by atoms with Crippen LogP contribution in [0.4, 0.5) is 0 Å². The summed E-state index contributed by atoms with van der Waals surface area (Å²) in [6, 6.07) is 3.90. The van der Waals surface area contributed by atoms with Crippen LogP contribution in [0.1, 0.15) is 0 Å². The topological polar surface area (TPSA) is 65.7 Å². The first kappa shape index (κ1) is 11.1. The molecule has 0 N–H and O–H groups in total. The number of fused-ring (bicyclic) bond motifs is 1. The van der Waals surface area contributed by atoms with Crippen molar-refractivity contribution in [1.29, 1.82) is 0 Å². The second-order valence-corrected chi connectivity index (χ2v) is 4.55. The highest BCUT2D eigenvalue weighted by molar-refractivity contribution is 9.10. The lowest BCUT2D eigenvalue weighted by Crippen LogP contribution is -1.93. The lowest BCUT2D eigenvalue weighted by atomic mass is 10.3. The molecule has 3 aromatic heterocycles. The van der Waals surface area contributed by atoms with E-state index in [0.717, 1.165) is 9.99 Å². The van der Waals surface area contributed by atoms with Crippen LogP contribution >= 0.6 is 15.9 Å². The molecule has 3 rings (SSSR count). The lowest BCUT2D eigenvalue weighted by Gasteiger charge is -2.04. The van der Waals surface area contributed by atoms with Gasteiger partial charge in [-0.1, -0.05) is 0 Å². The molecule has 0 amide bonds. The van der Waals surface area contributed by atoms with Crippen molar-refractivity contribution in [3.05, 3.63) is 35.3 Å². The van der Waals surface area contributed by atoms with Crippen molar-refractivity contribution in [2.75, 3.05) is 0 Å². The number of ether oxygens (including phenoxy) is 1. The Hall–Kier alpha value is -2.02. The molecule has 90 valence electrons. The Bertz CT molecular complexity index is 711. The Balaban J connectivity index is 2.06. The monoisotopic (exact) mass is 305 g/mol. The van der Waals surface area contributed by atoms with E-state index in [4.69, 9.17) is 4.74 Å². The van der Waals surface area contributed by atoms with Crippen LogP contribution in [0.2, 0.25) is 0 Å². The summed E-state index contributed by atoms with van der Waals surface area (Å²) >= 11 is 3.36. The van der Waals surface area contributed by atoms with Crippen molar-refractivity contribution < 1.29 is 4.74 Å². The molecule has 0 atom stereocenters. The molecule has 0 saturated heterocycles. The van der Waals surface area contributed by atoms with E-state index in [1.54, 1.807) is 36.5 Å². The van der Waals surface area contributed by atoms with Gasteiger partial charge in [-0.3, -0.25) is 9.67 Å². The summed E-state index contributed by atoms with van der Waals surface area (Å²) in [6.45, 7) is 0. The maximum atomic E-state index is 5.59. The largest absolute Gasteiger partial charge is 0.421 e. The molecule has 0 spiro atoms. The Kier molecular flexibility index (Phi) is 2.67. The van der Waals surface area contributed by atoms with Crippen molar-refractivity contribution in [2.45, 2.75) is 0 Å². The summed E-state index contributed by atoms with van der Waals surface area (Å²) in [5, 5.41) is 4.06. The second kappa shape index (κ2) is 4.34. The minimum absolute atomic E-state index is 0.287. The van der Waals surface area contributed by atoms with Crippen LogP contribution in [-0.4, -0.2) is 24.7 Å². The first-order chi connectivity index (χ1) is 8.72. The zero-order valence-electron chi connectivity index (χ0n) is 9.41. The molecular weight excluding hydrogens is 298 g/mol. The number of hydrogen-bond acceptors (Lipinski definition) is 5. The molecule has 0 aliphatic carbocycles. The molecule has 6 nitrogen and oxygen atoms in total. The molecule has 0 aromatic carbocycles.